The van der Waals surface area contributed by atoms with Gasteiger partial charge in [0, 0.05) is 32.0 Å². The van der Waals surface area contributed by atoms with E-state index in [0.29, 0.717) is 55.6 Å². The lowest BCUT2D eigenvalue weighted by molar-refractivity contribution is 0.122. The molecule has 0 bridgehead atoms. The second-order valence-electron chi connectivity index (χ2n) is 7.51. The third-order valence-electron chi connectivity index (χ3n) is 5.37. The first-order chi connectivity index (χ1) is 16.6. The third kappa shape index (κ3) is 4.31. The number of alkyl halides is 2. The summed E-state index contributed by atoms with van der Waals surface area (Å²) in [5.41, 5.74) is 1.63. The molecule has 0 saturated carbocycles. The van der Waals surface area contributed by atoms with Crippen molar-refractivity contribution in [3.8, 4) is 11.7 Å². The number of morpholine rings is 1. The highest BCUT2D eigenvalue weighted by Crippen LogP contribution is 2.32. The molecule has 4 aromatic rings. The highest BCUT2D eigenvalue weighted by Gasteiger charge is 2.25. The van der Waals surface area contributed by atoms with Crippen LogP contribution in [0, 0.1) is 0 Å². The SMILES string of the molecule is COc1cccc2c1nc(C(F)F)n2-c1nc(NCc2cccnc2)nc(N2CCOCC2)n1. The van der Waals surface area contributed by atoms with E-state index in [0.717, 1.165) is 5.56 Å². The minimum Gasteiger partial charge on any atom is -0.494 e. The standard InChI is InChI=1S/C22H22F2N8O2/c1-33-16-6-2-5-15-17(16)27-19(18(23)24)32(15)22-29-20(26-13-14-4-3-7-25-12-14)28-21(30-22)31-8-10-34-11-9-31/h2-7,12,18H,8-11,13H2,1H3,(H,26,28,29,30). The summed E-state index contributed by atoms with van der Waals surface area (Å²) in [4.78, 5) is 23.8. The highest BCUT2D eigenvalue weighted by molar-refractivity contribution is 5.84. The van der Waals surface area contributed by atoms with Gasteiger partial charge >= 0.3 is 0 Å². The molecule has 12 heteroatoms. The molecular formula is C22H22F2N8O2. The number of hydrogen-bond acceptors (Lipinski definition) is 9. The van der Waals surface area contributed by atoms with Crippen LogP contribution in [0.15, 0.2) is 42.7 Å². The Morgan fingerprint density at radius 1 is 1.06 bits per heavy atom. The van der Waals surface area contributed by atoms with Gasteiger partial charge < -0.3 is 19.7 Å². The van der Waals surface area contributed by atoms with Crippen molar-refractivity contribution in [2.24, 2.45) is 0 Å². The van der Waals surface area contributed by atoms with Crippen LogP contribution in [0.4, 0.5) is 20.7 Å². The normalized spacial score (nSPS) is 14.1. The van der Waals surface area contributed by atoms with Crippen molar-refractivity contribution in [1.82, 2.24) is 29.5 Å². The fourth-order valence-corrected chi connectivity index (χ4v) is 3.73. The van der Waals surface area contributed by atoms with Crippen molar-refractivity contribution in [3.63, 3.8) is 0 Å². The maximum Gasteiger partial charge on any atom is 0.296 e. The van der Waals surface area contributed by atoms with Crippen molar-refractivity contribution in [3.05, 3.63) is 54.1 Å². The number of nitrogens with zero attached hydrogens (tertiary/aromatic N) is 7. The summed E-state index contributed by atoms with van der Waals surface area (Å²) in [5.74, 6) is 0.566. The summed E-state index contributed by atoms with van der Waals surface area (Å²) < 4.78 is 40.1. The number of fused-ring (bicyclic) bond motifs is 1. The van der Waals surface area contributed by atoms with Crippen LogP contribution in [0.3, 0.4) is 0 Å². The molecule has 0 amide bonds. The van der Waals surface area contributed by atoms with Gasteiger partial charge in [0.25, 0.3) is 6.43 Å². The molecule has 3 aromatic heterocycles. The van der Waals surface area contributed by atoms with E-state index in [1.807, 2.05) is 17.0 Å². The smallest absolute Gasteiger partial charge is 0.296 e. The van der Waals surface area contributed by atoms with Gasteiger partial charge in [0.15, 0.2) is 5.82 Å². The van der Waals surface area contributed by atoms with Crippen molar-refractivity contribution >= 4 is 22.9 Å². The largest absolute Gasteiger partial charge is 0.494 e. The second-order valence-corrected chi connectivity index (χ2v) is 7.51. The Morgan fingerprint density at radius 2 is 1.88 bits per heavy atom. The third-order valence-corrected chi connectivity index (χ3v) is 5.37. The van der Waals surface area contributed by atoms with E-state index in [4.69, 9.17) is 9.47 Å². The molecule has 4 heterocycles. The summed E-state index contributed by atoms with van der Waals surface area (Å²) >= 11 is 0. The van der Waals surface area contributed by atoms with Gasteiger partial charge in [-0.3, -0.25) is 9.55 Å². The van der Waals surface area contributed by atoms with E-state index in [1.54, 1.807) is 30.6 Å². The molecule has 1 saturated heterocycles. The number of halogens is 2. The van der Waals surface area contributed by atoms with Gasteiger partial charge in [-0.05, 0) is 23.8 Å². The molecular weight excluding hydrogens is 446 g/mol. The van der Waals surface area contributed by atoms with Crippen molar-refractivity contribution < 1.29 is 18.3 Å². The van der Waals surface area contributed by atoms with Crippen molar-refractivity contribution in [2.45, 2.75) is 13.0 Å². The summed E-state index contributed by atoms with van der Waals surface area (Å²) in [6.45, 7) is 2.59. The highest BCUT2D eigenvalue weighted by atomic mass is 19.3. The molecule has 34 heavy (non-hydrogen) atoms. The van der Waals surface area contributed by atoms with Gasteiger partial charge in [0.1, 0.15) is 11.3 Å². The minimum atomic E-state index is -2.85. The summed E-state index contributed by atoms with van der Waals surface area (Å²) in [7, 11) is 1.47. The molecule has 0 radical (unpaired) electrons. The fraction of sp³-hybridized carbons (Fsp3) is 0.318. The van der Waals surface area contributed by atoms with Gasteiger partial charge in [0.2, 0.25) is 17.8 Å². The van der Waals surface area contributed by atoms with Crippen LogP contribution < -0.4 is 15.0 Å². The molecule has 0 atom stereocenters. The molecule has 0 aliphatic carbocycles. The van der Waals surface area contributed by atoms with Crippen LogP contribution in [0.1, 0.15) is 17.8 Å². The fourth-order valence-electron chi connectivity index (χ4n) is 3.73. The van der Waals surface area contributed by atoms with Crippen LogP contribution in [-0.2, 0) is 11.3 Å². The zero-order valence-electron chi connectivity index (χ0n) is 18.4. The van der Waals surface area contributed by atoms with Gasteiger partial charge in [-0.25, -0.2) is 13.8 Å². The Kier molecular flexibility index (Phi) is 6.12. The number of nitrogens with one attached hydrogen (secondary N) is 1. The first-order valence-corrected chi connectivity index (χ1v) is 10.7. The molecule has 1 aliphatic heterocycles. The molecule has 10 nitrogen and oxygen atoms in total. The lowest BCUT2D eigenvalue weighted by Crippen LogP contribution is -2.37. The number of para-hydroxylation sites is 1. The Labute approximate surface area is 193 Å². The van der Waals surface area contributed by atoms with Crippen LogP contribution >= 0.6 is 0 Å². The van der Waals surface area contributed by atoms with Crippen molar-refractivity contribution in [2.75, 3.05) is 43.6 Å². The van der Waals surface area contributed by atoms with Gasteiger partial charge in [-0.2, -0.15) is 15.0 Å². The molecule has 0 unspecified atom stereocenters. The lowest BCUT2D eigenvalue weighted by Gasteiger charge is -2.27. The number of anilines is 2. The zero-order valence-corrected chi connectivity index (χ0v) is 18.4. The Balaban J connectivity index is 1.63. The van der Waals surface area contributed by atoms with Gasteiger partial charge in [-0.1, -0.05) is 12.1 Å². The topological polar surface area (TPSA) is 103 Å². The number of imidazole rings is 1. The van der Waals surface area contributed by atoms with Gasteiger partial charge in [-0.15, -0.1) is 0 Å². The summed E-state index contributed by atoms with van der Waals surface area (Å²) in [5, 5.41) is 3.16. The monoisotopic (exact) mass is 468 g/mol. The predicted molar refractivity (Wildman–Crippen MR) is 121 cm³/mol. The molecule has 1 N–H and O–H groups in total. The van der Waals surface area contributed by atoms with E-state index in [1.165, 1.54) is 11.7 Å². The number of rotatable bonds is 7. The number of benzene rings is 1. The predicted octanol–water partition coefficient (Wildman–Crippen LogP) is 3.00. The molecule has 176 valence electrons. The van der Waals surface area contributed by atoms with E-state index in [-0.39, 0.29) is 11.9 Å². The molecule has 5 rings (SSSR count). The molecule has 0 spiro atoms. The number of aromatic nitrogens is 6. The van der Waals surface area contributed by atoms with Crippen LogP contribution in [0.2, 0.25) is 0 Å². The quantitative estimate of drug-likeness (QED) is 0.438. The Bertz CT molecular complexity index is 1280. The number of pyridine rings is 1. The average molecular weight is 468 g/mol. The summed E-state index contributed by atoms with van der Waals surface area (Å²) in [6, 6.07) is 8.80. The molecule has 1 aromatic carbocycles. The number of methoxy groups -OCH3 is 1. The lowest BCUT2D eigenvalue weighted by atomic mass is 10.3. The molecule has 1 aliphatic rings. The van der Waals surface area contributed by atoms with E-state index < -0.39 is 12.2 Å². The first kappa shape index (κ1) is 21.9. The number of ether oxygens (including phenoxy) is 2. The van der Waals surface area contributed by atoms with Crippen LogP contribution in [0.25, 0.3) is 17.0 Å². The Hall–Kier alpha value is -3.93. The van der Waals surface area contributed by atoms with Crippen molar-refractivity contribution in [1.29, 1.82) is 0 Å². The maximum absolute atomic E-state index is 14.1. The summed E-state index contributed by atoms with van der Waals surface area (Å²) in [6.07, 6.45) is 0.556. The zero-order chi connectivity index (χ0) is 23.5. The van der Waals surface area contributed by atoms with E-state index in [2.05, 4.69) is 30.2 Å². The average Bonchev–Trinajstić information content (AvgIpc) is 3.29. The molecule has 1 fully saturated rings. The van der Waals surface area contributed by atoms with E-state index >= 15 is 0 Å². The van der Waals surface area contributed by atoms with Gasteiger partial charge in [0.05, 0.1) is 25.8 Å². The second kappa shape index (κ2) is 9.51. The first-order valence-electron chi connectivity index (χ1n) is 10.7. The minimum absolute atomic E-state index is 0.0382. The van der Waals surface area contributed by atoms with Crippen LogP contribution in [0.5, 0.6) is 5.75 Å². The van der Waals surface area contributed by atoms with Crippen LogP contribution in [-0.4, -0.2) is 62.9 Å². The maximum atomic E-state index is 14.1. The van der Waals surface area contributed by atoms with E-state index in [9.17, 15) is 8.78 Å². The number of hydrogen-bond donors (Lipinski definition) is 1. The Morgan fingerprint density at radius 3 is 2.62 bits per heavy atom.